The van der Waals surface area contributed by atoms with Crippen LogP contribution in [0.2, 0.25) is 0 Å². The molecule has 1 heterocycles. The molecule has 2 bridgehead atoms. The minimum atomic E-state index is -0.287. The lowest BCUT2D eigenvalue weighted by Gasteiger charge is -2.40. The molecular weight excluding hydrogens is 336 g/mol. The van der Waals surface area contributed by atoms with Gasteiger partial charge in [0.25, 0.3) is 0 Å². The van der Waals surface area contributed by atoms with Gasteiger partial charge in [0.2, 0.25) is 0 Å². The van der Waals surface area contributed by atoms with Gasteiger partial charge < -0.3 is 4.74 Å². The van der Waals surface area contributed by atoms with Gasteiger partial charge >= 0.3 is 6.09 Å². The van der Waals surface area contributed by atoms with Crippen LogP contribution in [0.5, 0.6) is 0 Å². The molecule has 1 saturated heterocycles. The summed E-state index contributed by atoms with van der Waals surface area (Å²) in [5.74, 6) is 0.837. The maximum Gasteiger partial charge on any atom is 0.431 e. The molecule has 4 heteroatoms. The third kappa shape index (κ3) is 2.64. The van der Waals surface area contributed by atoms with Crippen LogP contribution in [-0.2, 0) is 11.2 Å². The fourth-order valence-electron chi connectivity index (χ4n) is 5.63. The number of hydrazone groups is 1. The van der Waals surface area contributed by atoms with Gasteiger partial charge in [0.1, 0.15) is 11.6 Å². The van der Waals surface area contributed by atoms with Gasteiger partial charge in [-0.1, -0.05) is 57.2 Å². The Kier molecular flexibility index (Phi) is 4.40. The number of amides is 1. The Balaban J connectivity index is 1.72. The number of rotatable bonds is 6. The highest BCUT2D eigenvalue weighted by Gasteiger charge is 2.73. The van der Waals surface area contributed by atoms with Crippen molar-refractivity contribution in [2.24, 2.45) is 22.4 Å². The predicted molar refractivity (Wildman–Crippen MR) is 108 cm³/mol. The fourth-order valence-corrected chi connectivity index (χ4v) is 5.63. The van der Waals surface area contributed by atoms with Crippen LogP contribution in [0.4, 0.5) is 4.79 Å². The quantitative estimate of drug-likeness (QED) is 0.513. The van der Waals surface area contributed by atoms with E-state index in [1.807, 2.05) is 24.3 Å². The van der Waals surface area contributed by atoms with Crippen molar-refractivity contribution < 1.29 is 9.53 Å². The second-order valence-corrected chi connectivity index (χ2v) is 8.98. The van der Waals surface area contributed by atoms with Gasteiger partial charge in [-0.3, -0.25) is 0 Å². The van der Waals surface area contributed by atoms with Gasteiger partial charge in [-0.2, -0.15) is 10.1 Å². The third-order valence-corrected chi connectivity index (χ3v) is 7.38. The van der Waals surface area contributed by atoms with Crippen LogP contribution in [-0.4, -0.2) is 28.5 Å². The molecule has 0 aromatic heterocycles. The summed E-state index contributed by atoms with van der Waals surface area (Å²) in [6, 6.07) is 10.3. The first kappa shape index (κ1) is 18.3. The molecule has 4 rings (SSSR count). The second kappa shape index (κ2) is 6.50. The highest BCUT2D eigenvalue weighted by molar-refractivity contribution is 5.90. The molecule has 1 aromatic carbocycles. The maximum absolute atomic E-state index is 12.8. The zero-order valence-electron chi connectivity index (χ0n) is 16.6. The Morgan fingerprint density at radius 3 is 2.81 bits per heavy atom. The van der Waals surface area contributed by atoms with Crippen molar-refractivity contribution in [3.63, 3.8) is 0 Å². The minimum absolute atomic E-state index is 0.0183. The Bertz CT molecular complexity index is 770. The number of carbonyl (C=O) groups is 1. The molecule has 3 aliphatic rings. The molecule has 1 spiro atoms. The summed E-state index contributed by atoms with van der Waals surface area (Å²) in [5, 5.41) is 6.74. The zero-order valence-corrected chi connectivity index (χ0v) is 16.6. The third-order valence-electron chi connectivity index (χ3n) is 7.38. The number of nitrogens with zero attached hydrogens (tertiary/aromatic N) is 2. The normalized spacial score (nSPS) is 32.3. The Labute approximate surface area is 162 Å². The number of allylic oxidation sites excluding steroid dienone is 1. The monoisotopic (exact) mass is 366 g/mol. The largest absolute Gasteiger partial charge is 0.442 e. The standard InChI is InChI=1S/C23H30N2O2/c1-5-9-16(2)19(14-17-10-7-6-8-11-17)24-25-21(26)27-20-15-18-12-13-23(20,25)22(18,3)4/h5-8,10-11,16,18,20H,1,9,12-15H2,2-4H3/b24-19+/t16-,18+,20+,23-/m0/s1. The highest BCUT2D eigenvalue weighted by Crippen LogP contribution is 2.65. The second-order valence-electron chi connectivity index (χ2n) is 8.98. The first-order valence-corrected chi connectivity index (χ1v) is 10.1. The number of ether oxygens (including phenoxy) is 1. The summed E-state index contributed by atoms with van der Waals surface area (Å²) in [4.78, 5) is 12.8. The van der Waals surface area contributed by atoms with Gasteiger partial charge in [-0.25, -0.2) is 4.79 Å². The molecule has 4 nitrogen and oxygen atoms in total. The van der Waals surface area contributed by atoms with E-state index in [-0.39, 0.29) is 29.1 Å². The van der Waals surface area contributed by atoms with Crippen molar-refractivity contribution in [3.8, 4) is 0 Å². The van der Waals surface area contributed by atoms with E-state index < -0.39 is 0 Å². The molecule has 1 aliphatic heterocycles. The van der Waals surface area contributed by atoms with Crippen molar-refractivity contribution in [1.29, 1.82) is 0 Å². The summed E-state index contributed by atoms with van der Waals surface area (Å²) in [5.41, 5.74) is 1.99. The van der Waals surface area contributed by atoms with E-state index in [0.717, 1.165) is 37.8 Å². The first-order valence-electron chi connectivity index (χ1n) is 10.1. The summed E-state index contributed by atoms with van der Waals surface area (Å²) >= 11 is 0. The van der Waals surface area contributed by atoms with Gasteiger partial charge in [-0.05, 0) is 48.5 Å². The molecule has 0 radical (unpaired) electrons. The van der Waals surface area contributed by atoms with E-state index in [0.29, 0.717) is 5.92 Å². The molecule has 2 aliphatic carbocycles. The smallest absolute Gasteiger partial charge is 0.431 e. The average Bonchev–Trinajstić information content (AvgIpc) is 3.15. The molecule has 1 aromatic rings. The summed E-state index contributed by atoms with van der Waals surface area (Å²) in [7, 11) is 0. The lowest BCUT2D eigenvalue weighted by Crippen LogP contribution is -2.53. The molecule has 27 heavy (non-hydrogen) atoms. The van der Waals surface area contributed by atoms with Crippen LogP contribution in [0.3, 0.4) is 0 Å². The summed E-state index contributed by atoms with van der Waals surface area (Å²) < 4.78 is 5.81. The van der Waals surface area contributed by atoms with Crippen molar-refractivity contribution in [3.05, 3.63) is 48.6 Å². The van der Waals surface area contributed by atoms with Crippen LogP contribution in [0.25, 0.3) is 0 Å². The van der Waals surface area contributed by atoms with Gasteiger partial charge in [0.15, 0.2) is 0 Å². The maximum atomic E-state index is 12.8. The highest BCUT2D eigenvalue weighted by atomic mass is 16.6. The van der Waals surface area contributed by atoms with Crippen LogP contribution >= 0.6 is 0 Å². The van der Waals surface area contributed by atoms with E-state index >= 15 is 0 Å². The topological polar surface area (TPSA) is 41.9 Å². The first-order chi connectivity index (χ1) is 12.9. The van der Waals surface area contributed by atoms with Crippen molar-refractivity contribution >= 4 is 11.8 Å². The van der Waals surface area contributed by atoms with E-state index in [1.54, 1.807) is 5.01 Å². The number of carbonyl (C=O) groups excluding carboxylic acids is 1. The number of benzene rings is 1. The van der Waals surface area contributed by atoms with Gasteiger partial charge in [0.05, 0.1) is 0 Å². The molecule has 0 N–H and O–H groups in total. The van der Waals surface area contributed by atoms with Crippen molar-refractivity contribution in [2.75, 3.05) is 0 Å². The molecule has 4 atom stereocenters. The molecular formula is C23H30N2O2. The predicted octanol–water partition coefficient (Wildman–Crippen LogP) is 5.20. The van der Waals surface area contributed by atoms with Crippen LogP contribution < -0.4 is 0 Å². The Morgan fingerprint density at radius 1 is 1.41 bits per heavy atom. The molecule has 144 valence electrons. The molecule has 1 amide bonds. The van der Waals surface area contributed by atoms with Crippen LogP contribution in [0, 0.1) is 17.3 Å². The molecule has 3 fully saturated rings. The van der Waals surface area contributed by atoms with E-state index in [4.69, 9.17) is 9.84 Å². The minimum Gasteiger partial charge on any atom is -0.442 e. The van der Waals surface area contributed by atoms with Crippen LogP contribution in [0.1, 0.15) is 52.0 Å². The summed E-state index contributed by atoms with van der Waals surface area (Å²) in [6.45, 7) is 10.6. The molecule has 0 unspecified atom stereocenters. The Hall–Kier alpha value is -2.10. The van der Waals surface area contributed by atoms with E-state index in [2.05, 4.69) is 39.5 Å². The number of hydrogen-bond acceptors (Lipinski definition) is 3. The lowest BCUT2D eigenvalue weighted by molar-refractivity contribution is 0.0566. The Morgan fingerprint density at radius 2 is 2.15 bits per heavy atom. The van der Waals surface area contributed by atoms with Crippen molar-refractivity contribution in [1.82, 2.24) is 5.01 Å². The van der Waals surface area contributed by atoms with Crippen molar-refractivity contribution in [2.45, 2.75) is 64.5 Å². The SMILES string of the molecule is C=CC[C@H](C)/C(Cc1ccccc1)=N/N1C(=O)O[C@@H]2C[C@H]3CC[C@@]21C3(C)C. The lowest BCUT2D eigenvalue weighted by atomic mass is 9.75. The summed E-state index contributed by atoms with van der Waals surface area (Å²) in [6.07, 6.45) is 6.34. The fraction of sp³-hybridized carbons (Fsp3) is 0.565. The van der Waals surface area contributed by atoms with Gasteiger partial charge in [-0.15, -0.1) is 6.58 Å². The van der Waals surface area contributed by atoms with Gasteiger partial charge in [0, 0.05) is 12.1 Å². The van der Waals surface area contributed by atoms with E-state index in [9.17, 15) is 4.79 Å². The zero-order chi connectivity index (χ0) is 19.2. The van der Waals surface area contributed by atoms with E-state index in [1.165, 1.54) is 5.56 Å². The average molecular weight is 367 g/mol. The molecule has 2 saturated carbocycles. The van der Waals surface area contributed by atoms with Crippen LogP contribution in [0.15, 0.2) is 48.1 Å². The number of hydrogen-bond donors (Lipinski definition) is 0. The number of fused-ring (bicyclic) bond motifs is 1.